The number of rotatable bonds is 6. The number of nitrogens with one attached hydrogen (secondary N) is 1. The molecule has 0 saturated heterocycles. The van der Waals surface area contributed by atoms with Crippen molar-refractivity contribution in [3.8, 4) is 11.4 Å². The molecule has 3 rings (SSSR count). The van der Waals surface area contributed by atoms with Crippen molar-refractivity contribution in [2.24, 2.45) is 0 Å². The number of non-ortho nitro benzene ring substituents is 1. The second-order valence-corrected chi connectivity index (χ2v) is 8.36. The first-order valence-electron chi connectivity index (χ1n) is 8.94. The van der Waals surface area contributed by atoms with Crippen molar-refractivity contribution < 1.29 is 14.5 Å². The van der Waals surface area contributed by atoms with Gasteiger partial charge in [0.15, 0.2) is 5.16 Å². The molecule has 0 unspecified atom stereocenters. The molecule has 0 saturated carbocycles. The van der Waals surface area contributed by atoms with Crippen molar-refractivity contribution in [1.29, 1.82) is 0 Å². The van der Waals surface area contributed by atoms with Crippen LogP contribution in [0.5, 0.6) is 5.75 Å². The lowest BCUT2D eigenvalue weighted by Gasteiger charge is -2.20. The number of fused-ring (bicyclic) bond motifs is 1. The second-order valence-electron chi connectivity index (χ2n) is 7.42. The number of ether oxygens (including phenoxy) is 1. The van der Waals surface area contributed by atoms with Gasteiger partial charge < -0.3 is 10.1 Å². The highest BCUT2D eigenvalue weighted by molar-refractivity contribution is 7.99. The Kier molecular flexibility index (Phi) is 5.78. The summed E-state index contributed by atoms with van der Waals surface area (Å²) in [6.45, 7) is 5.75. The first-order valence-corrected chi connectivity index (χ1v) is 9.92. The van der Waals surface area contributed by atoms with E-state index < -0.39 is 4.92 Å². The number of carbonyl (C=O) groups is 1. The van der Waals surface area contributed by atoms with Crippen LogP contribution in [0.2, 0.25) is 0 Å². The predicted molar refractivity (Wildman–Crippen MR) is 113 cm³/mol. The van der Waals surface area contributed by atoms with Gasteiger partial charge in [-0.05, 0) is 39.0 Å². The number of para-hydroxylation sites is 2. The van der Waals surface area contributed by atoms with E-state index in [1.54, 1.807) is 13.2 Å². The molecule has 0 aliphatic heterocycles. The van der Waals surface area contributed by atoms with E-state index in [4.69, 9.17) is 4.74 Å². The van der Waals surface area contributed by atoms with Gasteiger partial charge in [-0.15, -0.1) is 0 Å². The number of methoxy groups -OCH3 is 1. The van der Waals surface area contributed by atoms with E-state index in [0.29, 0.717) is 21.9 Å². The first-order chi connectivity index (χ1) is 13.7. The molecule has 152 valence electrons. The van der Waals surface area contributed by atoms with Gasteiger partial charge in [0, 0.05) is 17.7 Å². The van der Waals surface area contributed by atoms with Gasteiger partial charge in [-0.2, -0.15) is 0 Å². The van der Waals surface area contributed by atoms with Crippen molar-refractivity contribution >= 4 is 34.4 Å². The number of nitro groups is 1. The van der Waals surface area contributed by atoms with Crippen LogP contribution >= 0.6 is 11.8 Å². The number of imidazole rings is 1. The summed E-state index contributed by atoms with van der Waals surface area (Å²) in [5.41, 5.74) is 1.54. The summed E-state index contributed by atoms with van der Waals surface area (Å²) in [5.74, 6) is 0.677. The summed E-state index contributed by atoms with van der Waals surface area (Å²) in [6, 6.07) is 12.0. The fourth-order valence-corrected chi connectivity index (χ4v) is 3.71. The van der Waals surface area contributed by atoms with Gasteiger partial charge >= 0.3 is 0 Å². The number of benzene rings is 2. The van der Waals surface area contributed by atoms with Crippen molar-refractivity contribution in [1.82, 2.24) is 14.9 Å². The molecule has 0 bridgehead atoms. The molecule has 0 aliphatic rings. The van der Waals surface area contributed by atoms with Crippen molar-refractivity contribution in [3.05, 3.63) is 52.6 Å². The summed E-state index contributed by atoms with van der Waals surface area (Å²) in [7, 11) is 1.58. The van der Waals surface area contributed by atoms with E-state index in [1.165, 1.54) is 23.9 Å². The van der Waals surface area contributed by atoms with Gasteiger partial charge in [0.1, 0.15) is 5.75 Å². The maximum absolute atomic E-state index is 12.3. The zero-order chi connectivity index (χ0) is 21.2. The number of aromatic nitrogens is 2. The highest BCUT2D eigenvalue weighted by Gasteiger charge is 2.20. The van der Waals surface area contributed by atoms with E-state index >= 15 is 0 Å². The lowest BCUT2D eigenvalue weighted by molar-refractivity contribution is -0.384. The Morgan fingerprint density at radius 1 is 1.28 bits per heavy atom. The fraction of sp³-hybridized carbons (Fsp3) is 0.300. The molecule has 0 atom stereocenters. The topological polar surface area (TPSA) is 99.3 Å². The Hall–Kier alpha value is -3.07. The summed E-state index contributed by atoms with van der Waals surface area (Å²) in [4.78, 5) is 27.5. The first kappa shape index (κ1) is 20.7. The Balaban J connectivity index is 2.07. The van der Waals surface area contributed by atoms with Crippen LogP contribution in [0.4, 0.5) is 5.69 Å². The number of nitrogens with zero attached hydrogens (tertiary/aromatic N) is 3. The SMILES string of the molecule is COc1ccccc1-n1c(SCC(=O)NC(C)(C)C)nc2cc([N+](=O)[O-])ccc21. The molecule has 9 heteroatoms. The molecule has 2 aromatic carbocycles. The zero-order valence-electron chi connectivity index (χ0n) is 16.6. The number of hydrogen-bond donors (Lipinski definition) is 1. The van der Waals surface area contributed by atoms with Crippen molar-refractivity contribution in [2.75, 3.05) is 12.9 Å². The van der Waals surface area contributed by atoms with E-state index in [1.807, 2.05) is 49.6 Å². The maximum atomic E-state index is 12.3. The minimum Gasteiger partial charge on any atom is -0.495 e. The third-order valence-electron chi connectivity index (χ3n) is 3.99. The van der Waals surface area contributed by atoms with Crippen LogP contribution in [0.15, 0.2) is 47.6 Å². The third-order valence-corrected chi connectivity index (χ3v) is 4.93. The monoisotopic (exact) mass is 414 g/mol. The van der Waals surface area contributed by atoms with Crippen molar-refractivity contribution in [3.63, 3.8) is 0 Å². The van der Waals surface area contributed by atoms with E-state index in [-0.39, 0.29) is 22.9 Å². The summed E-state index contributed by atoms with van der Waals surface area (Å²) in [5, 5.41) is 14.6. The van der Waals surface area contributed by atoms with Crippen LogP contribution in [0.1, 0.15) is 20.8 Å². The Morgan fingerprint density at radius 2 is 2.00 bits per heavy atom. The molecule has 1 heterocycles. The molecule has 1 amide bonds. The molecule has 0 fully saturated rings. The molecule has 0 radical (unpaired) electrons. The molecule has 0 aliphatic carbocycles. The smallest absolute Gasteiger partial charge is 0.271 e. The van der Waals surface area contributed by atoms with Gasteiger partial charge in [0.05, 0.1) is 34.5 Å². The number of amides is 1. The average Bonchev–Trinajstić information content (AvgIpc) is 3.02. The number of thioether (sulfide) groups is 1. The number of nitro benzene ring substituents is 1. The molecule has 8 nitrogen and oxygen atoms in total. The summed E-state index contributed by atoms with van der Waals surface area (Å²) < 4.78 is 7.34. The average molecular weight is 414 g/mol. The zero-order valence-corrected chi connectivity index (χ0v) is 17.4. The van der Waals surface area contributed by atoms with E-state index in [9.17, 15) is 14.9 Å². The highest BCUT2D eigenvalue weighted by atomic mass is 32.2. The minimum atomic E-state index is -0.453. The highest BCUT2D eigenvalue weighted by Crippen LogP contribution is 2.33. The summed E-state index contributed by atoms with van der Waals surface area (Å²) in [6.07, 6.45) is 0. The van der Waals surface area contributed by atoms with Gasteiger partial charge in [0.25, 0.3) is 5.69 Å². The normalized spacial score (nSPS) is 11.4. The Bertz CT molecular complexity index is 1070. The van der Waals surface area contributed by atoms with Crippen LogP contribution < -0.4 is 10.1 Å². The number of carbonyl (C=O) groups excluding carboxylic acids is 1. The van der Waals surface area contributed by atoms with Gasteiger partial charge in [-0.25, -0.2) is 4.98 Å². The lowest BCUT2D eigenvalue weighted by atomic mass is 10.1. The Labute approximate surface area is 172 Å². The van der Waals surface area contributed by atoms with Crippen LogP contribution in [-0.2, 0) is 4.79 Å². The third kappa shape index (κ3) is 4.68. The molecule has 1 N–H and O–H groups in total. The fourth-order valence-electron chi connectivity index (χ4n) is 2.89. The van der Waals surface area contributed by atoms with Crippen LogP contribution in [0.3, 0.4) is 0 Å². The standard InChI is InChI=1S/C20H22N4O4S/c1-20(2,3)22-18(25)12-29-19-21-14-11-13(24(26)27)9-10-15(14)23(19)16-7-5-6-8-17(16)28-4/h5-11H,12H2,1-4H3,(H,22,25). The molecular weight excluding hydrogens is 392 g/mol. The largest absolute Gasteiger partial charge is 0.495 e. The van der Waals surface area contributed by atoms with Gasteiger partial charge in [-0.3, -0.25) is 19.5 Å². The predicted octanol–water partition coefficient (Wildman–Crippen LogP) is 3.95. The quantitative estimate of drug-likeness (QED) is 0.372. The molecular formula is C20H22N4O4S. The minimum absolute atomic E-state index is 0.0378. The number of hydrogen-bond acceptors (Lipinski definition) is 6. The van der Waals surface area contributed by atoms with Crippen LogP contribution in [-0.4, -0.2) is 38.8 Å². The molecule has 3 aromatic rings. The van der Waals surface area contributed by atoms with E-state index in [0.717, 1.165) is 5.69 Å². The lowest BCUT2D eigenvalue weighted by Crippen LogP contribution is -2.41. The van der Waals surface area contributed by atoms with Crippen molar-refractivity contribution in [2.45, 2.75) is 31.5 Å². The van der Waals surface area contributed by atoms with Gasteiger partial charge in [0.2, 0.25) is 5.91 Å². The second kappa shape index (κ2) is 8.12. The maximum Gasteiger partial charge on any atom is 0.271 e. The Morgan fingerprint density at radius 3 is 2.66 bits per heavy atom. The van der Waals surface area contributed by atoms with Crippen LogP contribution in [0.25, 0.3) is 16.7 Å². The molecule has 1 aromatic heterocycles. The van der Waals surface area contributed by atoms with E-state index in [2.05, 4.69) is 10.3 Å². The summed E-state index contributed by atoms with van der Waals surface area (Å²) >= 11 is 1.26. The van der Waals surface area contributed by atoms with Crippen LogP contribution in [0, 0.1) is 10.1 Å². The molecule has 29 heavy (non-hydrogen) atoms. The van der Waals surface area contributed by atoms with Gasteiger partial charge in [-0.1, -0.05) is 23.9 Å². The molecule has 0 spiro atoms.